The standard InChI is InChI=1S/C24H33FN2O2/c1-3-29-20-11-13-24(2,14-12-20)16-17-5-4-6-19(9-7-17)27-22-15-18(25)8-10-21(22)26-23(27)28/h5,8,10,15,19-20H,3-4,6-7,9,11-14,16H2,1-2H3,(H,26,28). The van der Waals surface area contributed by atoms with Crippen molar-refractivity contribution in [3.05, 3.63) is 46.1 Å². The second-order valence-electron chi connectivity index (χ2n) is 9.24. The van der Waals surface area contributed by atoms with E-state index in [1.807, 2.05) is 0 Å². The molecule has 4 rings (SSSR count). The molecule has 1 saturated carbocycles. The first-order chi connectivity index (χ1) is 14.0. The van der Waals surface area contributed by atoms with E-state index in [-0.39, 0.29) is 17.5 Å². The highest BCUT2D eigenvalue weighted by molar-refractivity contribution is 5.75. The molecule has 1 N–H and O–H groups in total. The summed E-state index contributed by atoms with van der Waals surface area (Å²) < 4.78 is 21.4. The quantitative estimate of drug-likeness (QED) is 0.637. The first kappa shape index (κ1) is 20.4. The number of imidazole rings is 1. The molecule has 0 aliphatic heterocycles. The Morgan fingerprint density at radius 3 is 2.79 bits per heavy atom. The maximum atomic E-state index is 13.8. The van der Waals surface area contributed by atoms with E-state index in [9.17, 15) is 9.18 Å². The molecule has 4 nitrogen and oxygen atoms in total. The van der Waals surface area contributed by atoms with E-state index in [0.717, 1.165) is 51.6 Å². The summed E-state index contributed by atoms with van der Waals surface area (Å²) in [6.45, 7) is 5.31. The predicted octanol–water partition coefficient (Wildman–Crippen LogP) is 5.89. The van der Waals surface area contributed by atoms with Gasteiger partial charge in [-0.3, -0.25) is 4.57 Å². The summed E-state index contributed by atoms with van der Waals surface area (Å²) in [5, 5.41) is 0. The lowest BCUT2D eigenvalue weighted by atomic mass is 9.70. The second kappa shape index (κ2) is 8.47. The van der Waals surface area contributed by atoms with Crippen molar-refractivity contribution in [3.63, 3.8) is 0 Å². The Morgan fingerprint density at radius 2 is 2.03 bits per heavy atom. The Kier molecular flexibility index (Phi) is 5.95. The summed E-state index contributed by atoms with van der Waals surface area (Å²) >= 11 is 0. The van der Waals surface area contributed by atoms with Crippen LogP contribution in [0.25, 0.3) is 11.0 Å². The fraction of sp³-hybridized carbons (Fsp3) is 0.625. The van der Waals surface area contributed by atoms with E-state index in [4.69, 9.17) is 4.74 Å². The number of hydrogen-bond donors (Lipinski definition) is 1. The molecule has 29 heavy (non-hydrogen) atoms. The Bertz CT molecular complexity index is 934. The van der Waals surface area contributed by atoms with E-state index in [0.29, 0.717) is 22.6 Å². The average Bonchev–Trinajstić information content (AvgIpc) is 2.85. The molecule has 1 fully saturated rings. The topological polar surface area (TPSA) is 47.0 Å². The number of H-pyrrole nitrogens is 1. The van der Waals surface area contributed by atoms with Crippen molar-refractivity contribution in [3.8, 4) is 0 Å². The van der Waals surface area contributed by atoms with Crippen molar-refractivity contribution in [2.24, 2.45) is 5.41 Å². The number of benzene rings is 1. The van der Waals surface area contributed by atoms with Gasteiger partial charge in [0.1, 0.15) is 5.82 Å². The molecule has 5 heteroatoms. The lowest BCUT2D eigenvalue weighted by Gasteiger charge is -2.38. The molecule has 1 unspecified atom stereocenters. The van der Waals surface area contributed by atoms with E-state index < -0.39 is 0 Å². The normalized spacial score (nSPS) is 28.3. The highest BCUT2D eigenvalue weighted by atomic mass is 19.1. The number of nitrogens with zero attached hydrogens (tertiary/aromatic N) is 1. The smallest absolute Gasteiger partial charge is 0.326 e. The Morgan fingerprint density at radius 1 is 1.24 bits per heavy atom. The third-order valence-electron chi connectivity index (χ3n) is 6.97. The molecule has 0 amide bonds. The first-order valence-corrected chi connectivity index (χ1v) is 11.2. The van der Waals surface area contributed by atoms with E-state index >= 15 is 0 Å². The number of halogens is 1. The van der Waals surface area contributed by atoms with Crippen LogP contribution < -0.4 is 5.69 Å². The second-order valence-corrected chi connectivity index (χ2v) is 9.24. The Labute approximate surface area is 172 Å². The molecular formula is C24H33FN2O2. The molecule has 1 heterocycles. The summed E-state index contributed by atoms with van der Waals surface area (Å²) in [6, 6.07) is 4.65. The number of fused-ring (bicyclic) bond motifs is 1. The van der Waals surface area contributed by atoms with Crippen LogP contribution in [-0.2, 0) is 4.74 Å². The molecule has 0 radical (unpaired) electrons. The number of allylic oxidation sites excluding steroid dienone is 2. The zero-order valence-corrected chi connectivity index (χ0v) is 17.7. The molecule has 0 saturated heterocycles. The molecule has 0 spiro atoms. The molecular weight excluding hydrogens is 367 g/mol. The summed E-state index contributed by atoms with van der Waals surface area (Å²) in [4.78, 5) is 15.4. The SMILES string of the molecule is CCOC1CCC(C)(CC2=CCCC(n3c(=O)[nH]c4ccc(F)cc43)CC2)CC1. The number of aromatic nitrogens is 2. The summed E-state index contributed by atoms with van der Waals surface area (Å²) in [6.07, 6.45) is 12.6. The molecule has 2 aromatic rings. The van der Waals surface area contributed by atoms with E-state index in [2.05, 4.69) is 24.9 Å². The van der Waals surface area contributed by atoms with Gasteiger partial charge in [0, 0.05) is 12.6 Å². The van der Waals surface area contributed by atoms with Crippen molar-refractivity contribution < 1.29 is 9.13 Å². The number of rotatable bonds is 5. The molecule has 0 bridgehead atoms. The monoisotopic (exact) mass is 400 g/mol. The van der Waals surface area contributed by atoms with Gasteiger partial charge >= 0.3 is 5.69 Å². The summed E-state index contributed by atoms with van der Waals surface area (Å²) in [5.41, 5.74) is 3.17. The predicted molar refractivity (Wildman–Crippen MR) is 115 cm³/mol. The van der Waals surface area contributed by atoms with Gasteiger partial charge in [0.15, 0.2) is 0 Å². The van der Waals surface area contributed by atoms with Crippen molar-refractivity contribution >= 4 is 11.0 Å². The van der Waals surface area contributed by atoms with Gasteiger partial charge < -0.3 is 9.72 Å². The minimum Gasteiger partial charge on any atom is -0.379 e. The first-order valence-electron chi connectivity index (χ1n) is 11.2. The lowest BCUT2D eigenvalue weighted by molar-refractivity contribution is 0.00675. The maximum Gasteiger partial charge on any atom is 0.326 e. The fourth-order valence-corrected chi connectivity index (χ4v) is 5.37. The van der Waals surface area contributed by atoms with Crippen molar-refractivity contribution in [2.45, 2.75) is 83.8 Å². The highest BCUT2D eigenvalue weighted by Crippen LogP contribution is 2.43. The van der Waals surface area contributed by atoms with Crippen LogP contribution in [0.5, 0.6) is 0 Å². The van der Waals surface area contributed by atoms with Gasteiger partial charge in [0.2, 0.25) is 0 Å². The molecule has 1 aromatic carbocycles. The number of nitrogens with one attached hydrogen (secondary N) is 1. The van der Waals surface area contributed by atoms with E-state index in [1.54, 1.807) is 10.6 Å². The van der Waals surface area contributed by atoms with Gasteiger partial charge in [-0.25, -0.2) is 9.18 Å². The Hall–Kier alpha value is -1.88. The minimum absolute atomic E-state index is 0.119. The average molecular weight is 401 g/mol. The van der Waals surface area contributed by atoms with Crippen LogP contribution in [0.15, 0.2) is 34.6 Å². The highest BCUT2D eigenvalue weighted by Gasteiger charge is 2.32. The summed E-state index contributed by atoms with van der Waals surface area (Å²) in [7, 11) is 0. The van der Waals surface area contributed by atoms with Crippen LogP contribution >= 0.6 is 0 Å². The van der Waals surface area contributed by atoms with Gasteiger partial charge in [-0.2, -0.15) is 0 Å². The van der Waals surface area contributed by atoms with E-state index in [1.165, 1.54) is 30.5 Å². The minimum atomic E-state index is -0.298. The fourth-order valence-electron chi connectivity index (χ4n) is 5.37. The summed E-state index contributed by atoms with van der Waals surface area (Å²) in [5.74, 6) is -0.298. The van der Waals surface area contributed by atoms with Crippen molar-refractivity contribution in [1.29, 1.82) is 0 Å². The van der Waals surface area contributed by atoms with Crippen LogP contribution in [0, 0.1) is 11.2 Å². The zero-order chi connectivity index (χ0) is 20.4. The molecule has 2 aliphatic rings. The molecule has 2 aliphatic carbocycles. The number of ether oxygens (including phenoxy) is 1. The third-order valence-corrected chi connectivity index (χ3v) is 6.97. The van der Waals surface area contributed by atoms with Gasteiger partial charge in [-0.1, -0.05) is 18.6 Å². The number of hydrogen-bond acceptors (Lipinski definition) is 2. The lowest BCUT2D eigenvalue weighted by Crippen LogP contribution is -2.29. The van der Waals surface area contributed by atoms with Crippen molar-refractivity contribution in [1.82, 2.24) is 9.55 Å². The zero-order valence-electron chi connectivity index (χ0n) is 17.7. The van der Waals surface area contributed by atoms with Gasteiger partial charge in [0.05, 0.1) is 17.1 Å². The van der Waals surface area contributed by atoms with Crippen LogP contribution in [0.4, 0.5) is 4.39 Å². The molecule has 1 atom stereocenters. The van der Waals surface area contributed by atoms with Crippen LogP contribution in [-0.4, -0.2) is 22.3 Å². The van der Waals surface area contributed by atoms with Gasteiger partial charge in [-0.05, 0) is 88.3 Å². The van der Waals surface area contributed by atoms with Gasteiger partial charge in [0.25, 0.3) is 0 Å². The molecule has 1 aromatic heterocycles. The van der Waals surface area contributed by atoms with Gasteiger partial charge in [-0.15, -0.1) is 0 Å². The third kappa shape index (κ3) is 4.50. The van der Waals surface area contributed by atoms with Crippen molar-refractivity contribution in [2.75, 3.05) is 6.61 Å². The maximum absolute atomic E-state index is 13.8. The van der Waals surface area contributed by atoms with Crippen LogP contribution in [0.3, 0.4) is 0 Å². The van der Waals surface area contributed by atoms with Crippen LogP contribution in [0.2, 0.25) is 0 Å². The van der Waals surface area contributed by atoms with Crippen LogP contribution in [0.1, 0.15) is 77.7 Å². The largest absolute Gasteiger partial charge is 0.379 e. The number of aromatic amines is 1. The molecule has 158 valence electrons. The Balaban J connectivity index is 1.42.